The van der Waals surface area contributed by atoms with Gasteiger partial charge in [0.15, 0.2) is 0 Å². The molecule has 11 heteroatoms. The molecule has 1 atom stereocenters. The minimum Gasteiger partial charge on any atom is -0.746 e. The highest BCUT2D eigenvalue weighted by molar-refractivity contribution is 7.45. The van der Waals surface area contributed by atoms with Crippen LogP contribution in [0, 0.1) is 15.0 Å². The molecule has 0 aliphatic carbocycles. The lowest BCUT2D eigenvalue weighted by molar-refractivity contribution is -0.729. The summed E-state index contributed by atoms with van der Waals surface area (Å²) in [6.45, 7) is 0. The first kappa shape index (κ1) is 13.0. The van der Waals surface area contributed by atoms with E-state index in [-0.39, 0.29) is 0 Å². The van der Waals surface area contributed by atoms with Gasteiger partial charge in [0.1, 0.15) is 6.07 Å². The number of nitro groups is 1. The van der Waals surface area contributed by atoms with Gasteiger partial charge in [-0.05, 0) is 6.07 Å². The van der Waals surface area contributed by atoms with Gasteiger partial charge in [0, 0.05) is 6.07 Å². The van der Waals surface area contributed by atoms with Crippen molar-refractivity contribution in [2.45, 2.75) is 0 Å². The lowest BCUT2D eigenvalue weighted by Gasteiger charge is -2.15. The van der Waals surface area contributed by atoms with Gasteiger partial charge in [0.05, 0.1) is 9.83 Å². The quantitative estimate of drug-likeness (QED) is 0.445. The maximum atomic E-state index is 10.5. The Morgan fingerprint density at radius 2 is 1.94 bits per heavy atom. The molecule has 1 rings (SSSR count). The molecule has 0 aliphatic rings. The molecule has 2 N–H and O–H groups in total. The summed E-state index contributed by atoms with van der Waals surface area (Å²) in [5.41, 5.74) is -1.40. The van der Waals surface area contributed by atoms with Crippen molar-refractivity contribution >= 4 is 19.2 Å². The van der Waals surface area contributed by atoms with Crippen LogP contribution < -0.4 is 9.42 Å². The van der Waals surface area contributed by atoms with E-state index in [1.807, 2.05) is 0 Å². The Morgan fingerprint density at radius 3 is 2.35 bits per heavy atom. The standard InChI is InChI=1S/C6H5N2O8P/c9-7(10)4-1-2-6(16-17(13,14)15)5(3-4)8(11)12/h1-3H,(H2-,9,10,13,14,15). The van der Waals surface area contributed by atoms with Gasteiger partial charge in [-0.2, -0.15) is 0 Å². The normalized spacial score (nSPS) is 13.8. The van der Waals surface area contributed by atoms with Crippen LogP contribution >= 0.6 is 7.82 Å². The Morgan fingerprint density at radius 1 is 1.35 bits per heavy atom. The number of hydrogen-bond acceptors (Lipinski definition) is 6. The van der Waals surface area contributed by atoms with Gasteiger partial charge >= 0.3 is 19.2 Å². The molecule has 10 nitrogen and oxygen atoms in total. The van der Waals surface area contributed by atoms with Crippen molar-refractivity contribution < 1.29 is 33.9 Å². The van der Waals surface area contributed by atoms with Gasteiger partial charge in [0.25, 0.3) is 4.92 Å². The van der Waals surface area contributed by atoms with E-state index in [4.69, 9.17) is 10.1 Å². The molecule has 0 radical (unpaired) electrons. The largest absolute Gasteiger partial charge is 0.746 e. The minimum atomic E-state index is -5.20. The van der Waals surface area contributed by atoms with Crippen molar-refractivity contribution in [1.82, 2.24) is 0 Å². The van der Waals surface area contributed by atoms with Gasteiger partial charge in [-0.3, -0.25) is 14.7 Å². The summed E-state index contributed by atoms with van der Waals surface area (Å²) in [7, 11) is -5.20. The molecule has 1 unspecified atom stereocenters. The summed E-state index contributed by atoms with van der Waals surface area (Å²) in [6, 6.07) is 2.19. The van der Waals surface area contributed by atoms with Gasteiger partial charge in [0.2, 0.25) is 5.75 Å². The van der Waals surface area contributed by atoms with Crippen LogP contribution in [0.4, 0.5) is 11.4 Å². The zero-order valence-corrected chi connectivity index (χ0v) is 8.81. The third-order valence-corrected chi connectivity index (χ3v) is 2.00. The zero-order valence-electron chi connectivity index (χ0n) is 7.92. The van der Waals surface area contributed by atoms with Crippen molar-refractivity contribution in [3.05, 3.63) is 33.2 Å². The van der Waals surface area contributed by atoms with Crippen LogP contribution in [0.3, 0.4) is 0 Å². The molecule has 0 amide bonds. The first-order chi connectivity index (χ1) is 7.70. The van der Waals surface area contributed by atoms with Crippen LogP contribution in [-0.4, -0.2) is 19.9 Å². The van der Waals surface area contributed by atoms with Crippen molar-refractivity contribution in [3.63, 3.8) is 0 Å². The van der Waals surface area contributed by atoms with Gasteiger partial charge in [-0.1, -0.05) is 0 Å². The predicted octanol–water partition coefficient (Wildman–Crippen LogP) is 0.234. The lowest BCUT2D eigenvalue weighted by Crippen LogP contribution is -2.07. The lowest BCUT2D eigenvalue weighted by atomic mass is 10.2. The van der Waals surface area contributed by atoms with Crippen molar-refractivity contribution in [1.29, 1.82) is 0 Å². The fraction of sp³-hybridized carbons (Fsp3) is 0. The molecule has 0 spiro atoms. The number of nitrogens with zero attached hydrogens (tertiary/aromatic N) is 2. The SMILES string of the molecule is O=[N+]([O-])c1cc([N+](=O)O)ccc1OP(=O)([O-])O. The Labute approximate surface area is 93.0 Å². The average molecular weight is 264 g/mol. The first-order valence-electron chi connectivity index (χ1n) is 3.88. The molecule has 92 valence electrons. The van der Waals surface area contributed by atoms with Crippen molar-refractivity contribution in [3.8, 4) is 5.75 Å². The highest BCUT2D eigenvalue weighted by atomic mass is 31.2. The molecule has 0 bridgehead atoms. The van der Waals surface area contributed by atoms with Crippen molar-refractivity contribution in [2.24, 2.45) is 0 Å². The monoisotopic (exact) mass is 264 g/mol. The second kappa shape index (κ2) is 4.45. The minimum absolute atomic E-state index is 0.497. The van der Waals surface area contributed by atoms with E-state index in [1.54, 1.807) is 0 Å². The van der Waals surface area contributed by atoms with Crippen LogP contribution in [0.2, 0.25) is 0 Å². The summed E-state index contributed by atoms with van der Waals surface area (Å²) in [5, 5.41) is 19.0. The number of phosphoric ester groups is 1. The third kappa shape index (κ3) is 3.48. The number of benzene rings is 1. The van der Waals surface area contributed by atoms with E-state index >= 15 is 0 Å². The summed E-state index contributed by atoms with van der Waals surface area (Å²) < 4.78 is 14.4. The second-order valence-corrected chi connectivity index (χ2v) is 3.86. The molecule has 0 fully saturated rings. The van der Waals surface area contributed by atoms with Crippen LogP contribution in [0.25, 0.3) is 0 Å². The molecular formula is C6H5N2O8P. The highest BCUT2D eigenvalue weighted by Crippen LogP contribution is 2.39. The van der Waals surface area contributed by atoms with E-state index in [2.05, 4.69) is 4.52 Å². The molecule has 17 heavy (non-hydrogen) atoms. The first-order valence-corrected chi connectivity index (χ1v) is 5.38. The third-order valence-electron chi connectivity index (χ3n) is 1.57. The number of phosphoric acid groups is 1. The Balaban J connectivity index is 3.27. The molecule has 0 aliphatic heterocycles. The van der Waals surface area contributed by atoms with Crippen molar-refractivity contribution in [2.75, 3.05) is 0 Å². The molecule has 0 heterocycles. The van der Waals surface area contributed by atoms with Gasteiger partial charge in [-0.15, -0.1) is 0 Å². The van der Waals surface area contributed by atoms with E-state index in [0.717, 1.165) is 12.1 Å². The van der Waals surface area contributed by atoms with Crippen LogP contribution in [0.1, 0.15) is 0 Å². The van der Waals surface area contributed by atoms with Crippen LogP contribution in [0.5, 0.6) is 5.75 Å². The van der Waals surface area contributed by atoms with E-state index in [1.165, 1.54) is 0 Å². The van der Waals surface area contributed by atoms with Crippen LogP contribution in [0.15, 0.2) is 18.2 Å². The Kier molecular flexibility index (Phi) is 3.42. The maximum absolute atomic E-state index is 10.5. The summed E-state index contributed by atoms with van der Waals surface area (Å²) in [5.74, 6) is -0.776. The number of hydrogen-bond donors (Lipinski definition) is 2. The molecule has 1 aromatic carbocycles. The second-order valence-electron chi connectivity index (χ2n) is 2.74. The predicted molar refractivity (Wildman–Crippen MR) is 48.6 cm³/mol. The Bertz CT molecular complexity index is 523. The highest BCUT2D eigenvalue weighted by Gasteiger charge is 2.24. The maximum Gasteiger partial charge on any atom is 0.323 e. The zero-order chi connectivity index (χ0) is 13.2. The smallest absolute Gasteiger partial charge is 0.323 e. The molecular weight excluding hydrogens is 259 g/mol. The van der Waals surface area contributed by atoms with Crippen LogP contribution in [-0.2, 0) is 4.57 Å². The number of nitro benzene ring substituents is 1. The molecule has 1 aromatic rings. The van der Waals surface area contributed by atoms with E-state index in [0.29, 0.717) is 6.07 Å². The topological polar surface area (TPSA) is 153 Å². The Hall–Kier alpha value is -2.03. The number of rotatable bonds is 4. The van der Waals surface area contributed by atoms with E-state index < -0.39 is 34.8 Å². The summed E-state index contributed by atoms with van der Waals surface area (Å²) in [4.78, 5) is 38.1. The molecule has 0 saturated heterocycles. The fourth-order valence-corrected chi connectivity index (χ4v) is 1.37. The molecule has 0 saturated carbocycles. The van der Waals surface area contributed by atoms with E-state index in [9.17, 15) is 24.5 Å². The molecule has 0 aromatic heterocycles. The summed E-state index contributed by atoms with van der Waals surface area (Å²) >= 11 is 0. The fourth-order valence-electron chi connectivity index (χ4n) is 0.969. The van der Waals surface area contributed by atoms with Gasteiger partial charge in [-0.25, -0.2) is 5.21 Å². The van der Waals surface area contributed by atoms with Gasteiger partial charge < -0.3 is 14.3 Å². The summed E-state index contributed by atoms with van der Waals surface area (Å²) in [6.07, 6.45) is 0. The average Bonchev–Trinajstić information content (AvgIpc) is 2.14.